The number of alkyl halides is 3. The highest BCUT2D eigenvalue weighted by Gasteiger charge is 2.36. The monoisotopic (exact) mass is 486 g/mol. The highest BCUT2D eigenvalue weighted by molar-refractivity contribution is 6.30. The van der Waals surface area contributed by atoms with Crippen LogP contribution >= 0.6 is 11.6 Å². The molecule has 1 saturated heterocycles. The molecule has 0 unspecified atom stereocenters. The van der Waals surface area contributed by atoms with Crippen LogP contribution in [0.3, 0.4) is 0 Å². The number of fused-ring (bicyclic) bond motifs is 1. The average molecular weight is 487 g/mol. The summed E-state index contributed by atoms with van der Waals surface area (Å²) in [5.41, 5.74) is 0.0971. The van der Waals surface area contributed by atoms with Crippen molar-refractivity contribution in [1.82, 2.24) is 24.6 Å². The number of amides is 1. The smallest absolute Gasteiger partial charge is 0.352 e. The van der Waals surface area contributed by atoms with Crippen molar-refractivity contribution in [2.24, 2.45) is 0 Å². The maximum atomic E-state index is 13.3. The molecule has 11 heteroatoms. The third-order valence-corrected chi connectivity index (χ3v) is 5.96. The van der Waals surface area contributed by atoms with Gasteiger partial charge < -0.3 is 9.80 Å². The van der Waals surface area contributed by atoms with Gasteiger partial charge in [0.05, 0.1) is 28.4 Å². The fourth-order valence-corrected chi connectivity index (χ4v) is 4.27. The first-order valence-electron chi connectivity index (χ1n) is 10.5. The molecule has 0 radical (unpaired) electrons. The van der Waals surface area contributed by atoms with Gasteiger partial charge in [-0.2, -0.15) is 18.3 Å². The van der Waals surface area contributed by atoms with Gasteiger partial charge in [-0.25, -0.2) is 14.6 Å². The molecule has 0 bridgehead atoms. The summed E-state index contributed by atoms with van der Waals surface area (Å²) in [4.78, 5) is 25.1. The van der Waals surface area contributed by atoms with E-state index < -0.39 is 17.6 Å². The average Bonchev–Trinajstić information content (AvgIpc) is 3.28. The number of hydrogen-bond acceptors (Lipinski definition) is 5. The fraction of sp³-hybridized carbons (Fsp3) is 0.217. The first-order chi connectivity index (χ1) is 16.3. The largest absolute Gasteiger partial charge is 0.417 e. The molecule has 0 saturated carbocycles. The van der Waals surface area contributed by atoms with Gasteiger partial charge in [-0.1, -0.05) is 29.8 Å². The predicted molar refractivity (Wildman–Crippen MR) is 121 cm³/mol. The van der Waals surface area contributed by atoms with Crippen molar-refractivity contribution >= 4 is 34.4 Å². The molecule has 4 aromatic rings. The molecule has 1 amide bonds. The second-order valence-electron chi connectivity index (χ2n) is 7.79. The molecule has 0 aliphatic carbocycles. The van der Waals surface area contributed by atoms with E-state index in [0.717, 1.165) is 17.1 Å². The van der Waals surface area contributed by atoms with Gasteiger partial charge in [0.1, 0.15) is 12.1 Å². The minimum Gasteiger partial charge on any atom is -0.352 e. The number of piperazine rings is 1. The summed E-state index contributed by atoms with van der Waals surface area (Å²) in [7, 11) is 0. The first-order valence-corrected chi connectivity index (χ1v) is 10.9. The topological polar surface area (TPSA) is 67.2 Å². The van der Waals surface area contributed by atoms with Crippen LogP contribution in [0.25, 0.3) is 16.7 Å². The minimum absolute atomic E-state index is 0.263. The van der Waals surface area contributed by atoms with Crippen LogP contribution in [0.4, 0.5) is 19.0 Å². The lowest BCUT2D eigenvalue weighted by Crippen LogP contribution is -2.49. The molecular weight excluding hydrogens is 469 g/mol. The highest BCUT2D eigenvalue weighted by Crippen LogP contribution is 2.33. The molecule has 5 rings (SSSR count). The molecule has 1 aliphatic rings. The van der Waals surface area contributed by atoms with Crippen LogP contribution in [0.5, 0.6) is 0 Å². The summed E-state index contributed by atoms with van der Waals surface area (Å²) in [5, 5.41) is 5.73. The minimum atomic E-state index is -4.59. The Kier molecular flexibility index (Phi) is 5.60. The molecule has 0 N–H and O–H groups in total. The molecule has 174 valence electrons. The van der Waals surface area contributed by atoms with Crippen molar-refractivity contribution in [1.29, 1.82) is 0 Å². The van der Waals surface area contributed by atoms with E-state index in [0.29, 0.717) is 29.6 Å². The normalized spacial score (nSPS) is 14.6. The summed E-state index contributed by atoms with van der Waals surface area (Å²) in [6, 6.07) is 12.1. The number of hydrogen-bond donors (Lipinski definition) is 0. The lowest BCUT2D eigenvalue weighted by molar-refractivity contribution is -0.138. The van der Waals surface area contributed by atoms with Crippen molar-refractivity contribution in [3.63, 3.8) is 0 Å². The third-order valence-electron chi connectivity index (χ3n) is 5.73. The fourth-order valence-electron chi connectivity index (χ4n) is 4.09. The molecule has 7 nitrogen and oxygen atoms in total. The third kappa shape index (κ3) is 4.05. The molecular formula is C23H18ClF3N6O. The number of carbonyl (C=O) groups is 1. The van der Waals surface area contributed by atoms with E-state index in [9.17, 15) is 18.0 Å². The summed E-state index contributed by atoms with van der Waals surface area (Å²) >= 11 is 6.11. The number of nitrogens with zero attached hydrogens (tertiary/aromatic N) is 6. The molecule has 1 aliphatic heterocycles. The zero-order valence-corrected chi connectivity index (χ0v) is 18.5. The van der Waals surface area contributed by atoms with Crippen molar-refractivity contribution < 1.29 is 18.0 Å². The molecule has 34 heavy (non-hydrogen) atoms. The Labute approximate surface area is 197 Å². The van der Waals surface area contributed by atoms with Crippen molar-refractivity contribution in [2.45, 2.75) is 6.18 Å². The second kappa shape index (κ2) is 8.60. The Morgan fingerprint density at radius 1 is 0.971 bits per heavy atom. The first kappa shape index (κ1) is 22.1. The maximum Gasteiger partial charge on any atom is 0.417 e. The van der Waals surface area contributed by atoms with E-state index in [1.807, 2.05) is 17.0 Å². The SMILES string of the molecule is O=C(c1ccccc1C(F)(F)F)N1CCN(c2ncnc3c2cnn3-c2cccc(Cl)c2)CC1. The maximum absolute atomic E-state index is 13.3. The number of carbonyl (C=O) groups excluding carboxylic acids is 1. The summed E-state index contributed by atoms with van der Waals surface area (Å²) in [6.45, 7) is 1.35. The Morgan fingerprint density at radius 2 is 1.74 bits per heavy atom. The van der Waals surface area contributed by atoms with Crippen LogP contribution in [-0.4, -0.2) is 56.7 Å². The Bertz CT molecular complexity index is 1360. The number of halogens is 4. The van der Waals surface area contributed by atoms with Gasteiger partial charge in [0, 0.05) is 31.2 Å². The van der Waals surface area contributed by atoms with Crippen LogP contribution in [0, 0.1) is 0 Å². The van der Waals surface area contributed by atoms with Gasteiger partial charge in [-0.05, 0) is 30.3 Å². The van der Waals surface area contributed by atoms with Gasteiger partial charge in [-0.3, -0.25) is 4.79 Å². The van der Waals surface area contributed by atoms with Crippen molar-refractivity contribution in [3.8, 4) is 5.69 Å². The van der Waals surface area contributed by atoms with Gasteiger partial charge in [0.15, 0.2) is 5.65 Å². The quantitative estimate of drug-likeness (QED) is 0.428. The number of anilines is 1. The molecule has 3 heterocycles. The lowest BCUT2D eigenvalue weighted by Gasteiger charge is -2.35. The predicted octanol–water partition coefficient (Wildman–Crippen LogP) is 4.45. The van der Waals surface area contributed by atoms with E-state index >= 15 is 0 Å². The van der Waals surface area contributed by atoms with Gasteiger partial charge in [0.2, 0.25) is 0 Å². The zero-order valence-electron chi connectivity index (χ0n) is 17.7. The summed E-state index contributed by atoms with van der Waals surface area (Å²) < 4.78 is 41.7. The molecule has 2 aromatic carbocycles. The van der Waals surface area contributed by atoms with Gasteiger partial charge in [0.25, 0.3) is 5.91 Å². The van der Waals surface area contributed by atoms with Crippen LogP contribution in [-0.2, 0) is 6.18 Å². The lowest BCUT2D eigenvalue weighted by atomic mass is 10.1. The standard InChI is InChI=1S/C23H18ClF3N6O/c24-15-4-3-5-16(12-15)33-21-18(13-30-33)20(28-14-29-21)31-8-10-32(11-9-31)22(34)17-6-1-2-7-19(17)23(25,26)27/h1-7,12-14H,8-11H2. The van der Waals surface area contributed by atoms with Crippen LogP contribution in [0.15, 0.2) is 61.1 Å². The summed E-state index contributed by atoms with van der Waals surface area (Å²) in [6.07, 6.45) is -1.48. The molecule has 0 spiro atoms. The van der Waals surface area contributed by atoms with E-state index in [4.69, 9.17) is 11.6 Å². The van der Waals surface area contributed by atoms with Crippen LogP contribution < -0.4 is 4.90 Å². The van der Waals surface area contributed by atoms with E-state index in [1.165, 1.54) is 29.4 Å². The molecule has 2 aromatic heterocycles. The molecule has 1 fully saturated rings. The van der Waals surface area contributed by atoms with Crippen molar-refractivity contribution in [3.05, 3.63) is 77.2 Å². The Morgan fingerprint density at radius 3 is 2.47 bits per heavy atom. The number of benzene rings is 2. The van der Waals surface area contributed by atoms with Crippen LogP contribution in [0.2, 0.25) is 5.02 Å². The highest BCUT2D eigenvalue weighted by atomic mass is 35.5. The second-order valence-corrected chi connectivity index (χ2v) is 8.23. The van der Waals surface area contributed by atoms with Gasteiger partial charge in [-0.15, -0.1) is 0 Å². The van der Waals surface area contributed by atoms with E-state index in [-0.39, 0.29) is 18.7 Å². The number of aromatic nitrogens is 4. The van der Waals surface area contributed by atoms with Crippen LogP contribution in [0.1, 0.15) is 15.9 Å². The Balaban J connectivity index is 1.37. The Hall–Kier alpha value is -3.66. The summed E-state index contributed by atoms with van der Waals surface area (Å²) in [5.74, 6) is 0.0234. The number of rotatable bonds is 3. The van der Waals surface area contributed by atoms with E-state index in [2.05, 4.69) is 15.1 Å². The molecule has 0 atom stereocenters. The zero-order chi connectivity index (χ0) is 23.9. The van der Waals surface area contributed by atoms with Gasteiger partial charge >= 0.3 is 6.18 Å². The van der Waals surface area contributed by atoms with E-state index in [1.54, 1.807) is 23.0 Å². The van der Waals surface area contributed by atoms with Crippen molar-refractivity contribution in [2.75, 3.05) is 31.1 Å².